The van der Waals surface area contributed by atoms with Crippen molar-refractivity contribution in [2.24, 2.45) is 5.10 Å². The van der Waals surface area contributed by atoms with Crippen LogP contribution in [0.2, 0.25) is 0 Å². The molecule has 16 heteroatoms. The molecule has 0 saturated carbocycles. The fourth-order valence-electron chi connectivity index (χ4n) is 2.24. The Bertz CT molecular complexity index is 834. The van der Waals surface area contributed by atoms with Gasteiger partial charge in [0.05, 0.1) is 6.21 Å². The number of ether oxygens (including phenoxy) is 1. The van der Waals surface area contributed by atoms with Gasteiger partial charge in [-0.2, -0.15) is 53.4 Å². The van der Waals surface area contributed by atoms with E-state index in [9.17, 15) is 53.1 Å². The third kappa shape index (κ3) is 6.03. The number of carbonyl (C=O) groups excluding carboxylic acids is 1. The van der Waals surface area contributed by atoms with Crippen LogP contribution in [0.3, 0.4) is 0 Å². The molecule has 1 N–H and O–H groups in total. The summed E-state index contributed by atoms with van der Waals surface area (Å²) in [5.41, 5.74) is 1.62. The molecular weight excluding hydrogens is 487 g/mol. The van der Waals surface area contributed by atoms with Crippen LogP contribution < -0.4 is 10.3 Å². The quantitative estimate of drug-likeness (QED) is 0.293. The lowest BCUT2D eigenvalue weighted by molar-refractivity contribution is -0.472. The predicted molar refractivity (Wildman–Crippen MR) is 92.7 cm³/mol. The van der Waals surface area contributed by atoms with E-state index in [2.05, 4.69) is 9.84 Å². The Morgan fingerprint density at radius 2 is 1.39 bits per heavy atom. The predicted octanol–water partition coefficient (Wildman–Crippen LogP) is 5.02. The zero-order valence-corrected chi connectivity index (χ0v) is 16.7. The number of benzene rings is 1. The van der Waals surface area contributed by atoms with Gasteiger partial charge in [0.1, 0.15) is 0 Å². The van der Waals surface area contributed by atoms with Crippen molar-refractivity contribution in [3.05, 3.63) is 29.8 Å². The first-order valence-corrected chi connectivity index (χ1v) is 8.80. The maximum Gasteiger partial charge on any atom is 0.462 e. The van der Waals surface area contributed by atoms with E-state index in [-0.39, 0.29) is 5.56 Å². The van der Waals surface area contributed by atoms with Crippen LogP contribution in [0.25, 0.3) is 0 Å². The monoisotopic (exact) mass is 503 g/mol. The van der Waals surface area contributed by atoms with E-state index in [0.717, 1.165) is 11.1 Å². The van der Waals surface area contributed by atoms with Gasteiger partial charge in [0, 0.05) is 18.8 Å². The van der Waals surface area contributed by atoms with Crippen LogP contribution in [-0.2, 0) is 9.53 Å². The minimum Gasteiger partial charge on any atom is -0.372 e. The second-order valence-electron chi connectivity index (χ2n) is 6.25. The maximum absolute atomic E-state index is 14.0. The van der Waals surface area contributed by atoms with Gasteiger partial charge >= 0.3 is 36.1 Å². The SMILES string of the molecule is CCN(CC)c1ccc(/C=N\NC(=O)[C@@](F)(OC(F)(F)C(F)(F)C(F)(F)F)C(F)(F)F)cc1. The van der Waals surface area contributed by atoms with E-state index in [1.54, 1.807) is 0 Å². The molecule has 0 aliphatic carbocycles. The van der Waals surface area contributed by atoms with E-state index in [4.69, 9.17) is 0 Å². The highest BCUT2D eigenvalue weighted by molar-refractivity contribution is 5.87. The van der Waals surface area contributed by atoms with Crippen LogP contribution in [0.15, 0.2) is 29.4 Å². The molecule has 1 amide bonds. The molecule has 0 bridgehead atoms. The molecule has 0 heterocycles. The highest BCUT2D eigenvalue weighted by atomic mass is 19.4. The Morgan fingerprint density at radius 3 is 1.79 bits per heavy atom. The molecule has 0 unspecified atom stereocenters. The highest BCUT2D eigenvalue weighted by Gasteiger charge is 2.79. The summed E-state index contributed by atoms with van der Waals surface area (Å²) < 4.78 is 143. The summed E-state index contributed by atoms with van der Waals surface area (Å²) in [4.78, 5) is 13.4. The second kappa shape index (κ2) is 9.69. The number of nitrogens with zero attached hydrogens (tertiary/aromatic N) is 2. The number of amides is 1. The summed E-state index contributed by atoms with van der Waals surface area (Å²) >= 11 is 0. The lowest BCUT2D eigenvalue weighted by Gasteiger charge is -2.33. The summed E-state index contributed by atoms with van der Waals surface area (Å²) in [5.74, 6) is -16.8. The largest absolute Gasteiger partial charge is 0.462 e. The maximum atomic E-state index is 14.0. The smallest absolute Gasteiger partial charge is 0.372 e. The van der Waals surface area contributed by atoms with E-state index in [0.29, 0.717) is 19.3 Å². The number of rotatable bonds is 9. The molecule has 0 saturated heterocycles. The zero-order chi connectivity index (χ0) is 25.9. The molecule has 1 aromatic rings. The minimum atomic E-state index is -7.27. The minimum absolute atomic E-state index is 0.109. The average Bonchev–Trinajstić information content (AvgIpc) is 2.67. The molecule has 1 rings (SSSR count). The Morgan fingerprint density at radius 1 is 0.909 bits per heavy atom. The Kier molecular flexibility index (Phi) is 8.33. The number of hydrazone groups is 1. The Hall–Kier alpha value is -2.65. The normalized spacial score (nSPS) is 15.4. The number of carbonyl (C=O) groups is 1. The molecule has 0 aliphatic rings. The van der Waals surface area contributed by atoms with Crippen molar-refractivity contribution in [1.29, 1.82) is 0 Å². The average molecular weight is 503 g/mol. The third-order valence-electron chi connectivity index (χ3n) is 4.05. The van der Waals surface area contributed by atoms with Crippen molar-refractivity contribution in [2.75, 3.05) is 18.0 Å². The van der Waals surface area contributed by atoms with Crippen LogP contribution >= 0.6 is 0 Å². The lowest BCUT2D eigenvalue weighted by Crippen LogP contribution is -2.63. The van der Waals surface area contributed by atoms with E-state index in [1.165, 1.54) is 24.3 Å². The van der Waals surface area contributed by atoms with Crippen molar-refractivity contribution in [3.63, 3.8) is 0 Å². The fraction of sp³-hybridized carbons (Fsp3) is 0.529. The van der Waals surface area contributed by atoms with Gasteiger partial charge in [-0.05, 0) is 31.5 Å². The summed E-state index contributed by atoms with van der Waals surface area (Å²) in [5, 5.41) is 2.86. The third-order valence-corrected chi connectivity index (χ3v) is 4.05. The standard InChI is InChI=1S/C17H16F11N3O2/c1-3-31(4-2)11-7-5-10(6-8-11)9-29-30-12(32)13(18,15(21,22)23)33-17(27,28)14(19,20)16(24,25)26/h5-9H,3-4H2,1-2H3,(H,30,32)/b29-9-/t13-/m1/s1. The molecule has 0 spiro atoms. The molecule has 0 radical (unpaired) electrons. The van der Waals surface area contributed by atoms with Gasteiger partial charge in [0.25, 0.3) is 0 Å². The summed E-state index contributed by atoms with van der Waals surface area (Å²) in [6.45, 7) is 4.98. The Labute approximate surface area is 179 Å². The zero-order valence-electron chi connectivity index (χ0n) is 16.7. The fourth-order valence-corrected chi connectivity index (χ4v) is 2.24. The lowest BCUT2D eigenvalue weighted by atomic mass is 10.2. The molecule has 188 valence electrons. The van der Waals surface area contributed by atoms with E-state index >= 15 is 0 Å². The van der Waals surface area contributed by atoms with Gasteiger partial charge in [0.2, 0.25) is 0 Å². The molecular formula is C17H16F11N3O2. The Balaban J connectivity index is 3.09. The van der Waals surface area contributed by atoms with Gasteiger partial charge in [0.15, 0.2) is 0 Å². The second-order valence-corrected chi connectivity index (χ2v) is 6.25. The molecule has 5 nitrogen and oxygen atoms in total. The summed E-state index contributed by atoms with van der Waals surface area (Å²) in [7, 11) is 0. The van der Waals surface area contributed by atoms with Crippen molar-refractivity contribution < 1.29 is 57.8 Å². The molecule has 1 atom stereocenters. The summed E-state index contributed by atoms with van der Waals surface area (Å²) in [6.07, 6.45) is -20.4. The molecule has 33 heavy (non-hydrogen) atoms. The first kappa shape index (κ1) is 28.4. The van der Waals surface area contributed by atoms with Crippen molar-refractivity contribution in [3.8, 4) is 0 Å². The van der Waals surface area contributed by atoms with Crippen LogP contribution in [-0.4, -0.2) is 55.4 Å². The van der Waals surface area contributed by atoms with Crippen molar-refractivity contribution in [2.45, 2.75) is 44.1 Å². The van der Waals surface area contributed by atoms with Crippen LogP contribution in [0.4, 0.5) is 54.0 Å². The number of halogens is 11. The number of hydrogen-bond donors (Lipinski definition) is 1. The van der Waals surface area contributed by atoms with Crippen molar-refractivity contribution >= 4 is 17.8 Å². The van der Waals surface area contributed by atoms with Crippen LogP contribution in [0.5, 0.6) is 0 Å². The first-order valence-electron chi connectivity index (χ1n) is 8.80. The topological polar surface area (TPSA) is 53.9 Å². The number of nitrogens with one attached hydrogen (secondary N) is 1. The van der Waals surface area contributed by atoms with Crippen LogP contribution in [0.1, 0.15) is 19.4 Å². The van der Waals surface area contributed by atoms with Gasteiger partial charge in [-0.1, -0.05) is 12.1 Å². The molecule has 1 aromatic carbocycles. The van der Waals surface area contributed by atoms with E-state index < -0.39 is 36.1 Å². The number of alkyl halides is 11. The first-order chi connectivity index (χ1) is 14.8. The van der Waals surface area contributed by atoms with Gasteiger partial charge in [-0.15, -0.1) is 0 Å². The molecule has 0 aromatic heterocycles. The van der Waals surface area contributed by atoms with Gasteiger partial charge in [-0.25, -0.2) is 5.43 Å². The van der Waals surface area contributed by atoms with Gasteiger partial charge < -0.3 is 4.90 Å². The molecule has 0 aliphatic heterocycles. The number of hydrogen-bond acceptors (Lipinski definition) is 4. The number of anilines is 1. The molecule has 0 fully saturated rings. The van der Waals surface area contributed by atoms with E-state index in [1.807, 2.05) is 18.7 Å². The van der Waals surface area contributed by atoms with Gasteiger partial charge in [-0.3, -0.25) is 9.53 Å². The summed E-state index contributed by atoms with van der Waals surface area (Å²) in [6, 6.07) is 5.77. The highest BCUT2D eigenvalue weighted by Crippen LogP contribution is 2.50. The van der Waals surface area contributed by atoms with Crippen molar-refractivity contribution in [1.82, 2.24) is 5.43 Å². The van der Waals surface area contributed by atoms with Crippen LogP contribution in [0, 0.1) is 0 Å².